The summed E-state index contributed by atoms with van der Waals surface area (Å²) >= 11 is 1.60. The molecule has 2 aromatic heterocycles. The fourth-order valence-corrected chi connectivity index (χ4v) is 6.46. The van der Waals surface area contributed by atoms with Crippen molar-refractivity contribution in [3.05, 3.63) is 52.2 Å². The molecule has 0 spiro atoms. The monoisotopic (exact) mass is 474 g/mol. The number of aromatic nitrogens is 2. The average Bonchev–Trinajstić information content (AvgIpc) is 3.43. The Morgan fingerprint density at radius 1 is 1.28 bits per heavy atom. The van der Waals surface area contributed by atoms with Gasteiger partial charge in [0, 0.05) is 5.92 Å². The highest BCUT2D eigenvalue weighted by atomic mass is 32.2. The van der Waals surface area contributed by atoms with Gasteiger partial charge in [0.25, 0.3) is 0 Å². The van der Waals surface area contributed by atoms with Gasteiger partial charge >= 0.3 is 10.3 Å². The highest BCUT2D eigenvalue weighted by Gasteiger charge is 2.36. The van der Waals surface area contributed by atoms with E-state index in [0.717, 1.165) is 34.4 Å². The lowest BCUT2D eigenvalue weighted by Gasteiger charge is -2.15. The molecule has 1 saturated carbocycles. The Labute approximate surface area is 191 Å². The summed E-state index contributed by atoms with van der Waals surface area (Å²) in [6.07, 6.45) is 4.18. The summed E-state index contributed by atoms with van der Waals surface area (Å²) in [5.74, 6) is 0.620. The summed E-state index contributed by atoms with van der Waals surface area (Å²) in [4.78, 5) is 9.07. The highest BCUT2D eigenvalue weighted by molar-refractivity contribution is 7.84. The molecule has 2 aliphatic carbocycles. The minimum atomic E-state index is -4.02. The number of aliphatic hydroxyl groups is 1. The van der Waals surface area contributed by atoms with Crippen molar-refractivity contribution < 1.29 is 17.7 Å². The lowest BCUT2D eigenvalue weighted by atomic mass is 9.98. The Kier molecular flexibility index (Phi) is 5.67. The van der Waals surface area contributed by atoms with Crippen LogP contribution in [0.4, 0.5) is 5.82 Å². The van der Waals surface area contributed by atoms with Crippen molar-refractivity contribution in [1.29, 1.82) is 0 Å². The van der Waals surface area contributed by atoms with Gasteiger partial charge in [0.1, 0.15) is 12.1 Å². The van der Waals surface area contributed by atoms with Gasteiger partial charge in [-0.15, -0.1) is 11.3 Å². The number of thiophene rings is 1. The molecule has 2 aliphatic rings. The Morgan fingerprint density at radius 3 is 2.94 bits per heavy atom. The van der Waals surface area contributed by atoms with Crippen LogP contribution in [-0.2, 0) is 20.9 Å². The van der Waals surface area contributed by atoms with Crippen molar-refractivity contribution in [2.75, 3.05) is 11.9 Å². The maximum absolute atomic E-state index is 11.1. The molecule has 1 fully saturated rings. The number of hydrogen-bond donors (Lipinski definition) is 3. The quantitative estimate of drug-likeness (QED) is 0.501. The second-order valence-corrected chi connectivity index (χ2v) is 10.9. The first kappa shape index (κ1) is 21.7. The van der Waals surface area contributed by atoms with Crippen LogP contribution >= 0.6 is 11.3 Å². The topological polar surface area (TPSA) is 127 Å². The van der Waals surface area contributed by atoms with E-state index >= 15 is 0 Å². The first-order chi connectivity index (χ1) is 15.3. The zero-order valence-electron chi connectivity index (χ0n) is 17.7. The van der Waals surface area contributed by atoms with E-state index in [1.165, 1.54) is 16.7 Å². The SMILES string of the molecule is Cc1ccc2c(c1)CCC2Nc1ncnc2c(C3CC(O)C(COS(N)(=O)=O)C3)csc12. The van der Waals surface area contributed by atoms with E-state index in [-0.39, 0.29) is 24.5 Å². The third kappa shape index (κ3) is 4.25. The number of aliphatic hydroxyl groups excluding tert-OH is 1. The smallest absolute Gasteiger partial charge is 0.333 e. The fraction of sp³-hybridized carbons (Fsp3) is 0.455. The molecule has 4 atom stereocenters. The normalized spacial score (nSPS) is 25.3. The zero-order valence-corrected chi connectivity index (χ0v) is 19.3. The number of benzene rings is 1. The molecule has 4 unspecified atom stereocenters. The molecule has 0 aliphatic heterocycles. The molecule has 32 heavy (non-hydrogen) atoms. The summed E-state index contributed by atoms with van der Waals surface area (Å²) in [5.41, 5.74) is 5.96. The summed E-state index contributed by atoms with van der Waals surface area (Å²) in [5, 5.41) is 21.1. The van der Waals surface area contributed by atoms with Crippen molar-refractivity contribution in [3.8, 4) is 0 Å². The molecule has 0 bridgehead atoms. The van der Waals surface area contributed by atoms with Gasteiger partial charge in [-0.3, -0.25) is 4.18 Å². The standard InChI is InChI=1S/C22H26N4O4S2/c1-12-2-4-16-13(6-12)3-5-18(16)26-22-21-20(24-11-25-22)17(10-31-21)14-7-15(19(27)8-14)9-30-32(23,28)29/h2,4,6,10-11,14-15,18-19,27H,3,5,7-9H2,1H3,(H2,23,28,29)(H,24,25,26). The Balaban J connectivity index is 1.36. The van der Waals surface area contributed by atoms with E-state index in [9.17, 15) is 13.5 Å². The van der Waals surface area contributed by atoms with Gasteiger partial charge in [0.05, 0.1) is 29.0 Å². The van der Waals surface area contributed by atoms with Crippen LogP contribution in [0.1, 0.15) is 53.5 Å². The predicted octanol–water partition coefficient (Wildman–Crippen LogP) is 3.17. The number of anilines is 1. The van der Waals surface area contributed by atoms with Gasteiger partial charge in [-0.25, -0.2) is 15.1 Å². The average molecular weight is 475 g/mol. The van der Waals surface area contributed by atoms with E-state index < -0.39 is 16.4 Å². The maximum atomic E-state index is 11.1. The van der Waals surface area contributed by atoms with Crippen molar-refractivity contribution >= 4 is 37.7 Å². The molecule has 8 nitrogen and oxygen atoms in total. The van der Waals surface area contributed by atoms with Gasteiger partial charge in [-0.05, 0) is 60.6 Å². The Bertz CT molecular complexity index is 1260. The predicted molar refractivity (Wildman–Crippen MR) is 124 cm³/mol. The van der Waals surface area contributed by atoms with Gasteiger partial charge < -0.3 is 10.4 Å². The third-order valence-electron chi connectivity index (χ3n) is 6.61. The summed E-state index contributed by atoms with van der Waals surface area (Å²) in [6, 6.07) is 6.84. The number of nitrogens with zero attached hydrogens (tertiary/aromatic N) is 2. The van der Waals surface area contributed by atoms with Crippen LogP contribution in [-0.4, -0.2) is 36.2 Å². The second-order valence-electron chi connectivity index (χ2n) is 8.80. The molecule has 1 aromatic carbocycles. The van der Waals surface area contributed by atoms with Gasteiger partial charge in [0.15, 0.2) is 0 Å². The van der Waals surface area contributed by atoms with Crippen LogP contribution in [0.5, 0.6) is 0 Å². The van der Waals surface area contributed by atoms with Crippen LogP contribution in [0.3, 0.4) is 0 Å². The van der Waals surface area contributed by atoms with Crippen LogP contribution in [0.15, 0.2) is 29.9 Å². The maximum Gasteiger partial charge on any atom is 0.333 e. The number of nitrogens with two attached hydrogens (primary N) is 1. The molecular weight excluding hydrogens is 448 g/mol. The molecule has 0 amide bonds. The number of hydrogen-bond acceptors (Lipinski definition) is 8. The first-order valence-electron chi connectivity index (χ1n) is 10.7. The molecule has 2 heterocycles. The van der Waals surface area contributed by atoms with E-state index in [4.69, 9.17) is 9.32 Å². The summed E-state index contributed by atoms with van der Waals surface area (Å²) in [7, 11) is -4.02. The van der Waals surface area contributed by atoms with Crippen LogP contribution in [0, 0.1) is 12.8 Å². The summed E-state index contributed by atoms with van der Waals surface area (Å²) in [6.45, 7) is 2.01. The summed E-state index contributed by atoms with van der Waals surface area (Å²) < 4.78 is 27.9. The van der Waals surface area contributed by atoms with Crippen LogP contribution < -0.4 is 10.5 Å². The van der Waals surface area contributed by atoms with Crippen LogP contribution in [0.25, 0.3) is 10.2 Å². The van der Waals surface area contributed by atoms with Crippen molar-refractivity contribution in [2.24, 2.45) is 11.1 Å². The molecule has 10 heteroatoms. The molecule has 5 rings (SSSR count). The van der Waals surface area contributed by atoms with E-state index in [1.54, 1.807) is 17.7 Å². The van der Waals surface area contributed by atoms with E-state index in [1.807, 2.05) is 0 Å². The minimum absolute atomic E-state index is 0.0748. The zero-order chi connectivity index (χ0) is 22.5. The van der Waals surface area contributed by atoms with E-state index in [2.05, 4.69) is 45.8 Å². The number of aryl methyl sites for hydroxylation is 2. The molecular formula is C22H26N4O4S2. The molecule has 170 valence electrons. The largest absolute Gasteiger partial charge is 0.393 e. The number of rotatable bonds is 6. The molecule has 0 saturated heterocycles. The Hall–Kier alpha value is -2.11. The van der Waals surface area contributed by atoms with Gasteiger partial charge in [-0.1, -0.05) is 23.8 Å². The lowest BCUT2D eigenvalue weighted by molar-refractivity contribution is 0.101. The van der Waals surface area contributed by atoms with Crippen molar-refractivity contribution in [1.82, 2.24) is 9.97 Å². The fourth-order valence-electron chi connectivity index (χ4n) is 5.04. The third-order valence-corrected chi connectivity index (χ3v) is 8.07. The number of nitrogens with one attached hydrogen (secondary N) is 1. The molecule has 0 radical (unpaired) electrons. The van der Waals surface area contributed by atoms with Crippen LogP contribution in [0.2, 0.25) is 0 Å². The van der Waals surface area contributed by atoms with Crippen molar-refractivity contribution in [3.63, 3.8) is 0 Å². The number of fused-ring (bicyclic) bond motifs is 2. The van der Waals surface area contributed by atoms with E-state index in [0.29, 0.717) is 12.8 Å². The molecule has 4 N–H and O–H groups in total. The minimum Gasteiger partial charge on any atom is -0.393 e. The Morgan fingerprint density at radius 2 is 2.12 bits per heavy atom. The highest BCUT2D eigenvalue weighted by Crippen LogP contribution is 2.44. The van der Waals surface area contributed by atoms with Gasteiger partial charge in [-0.2, -0.15) is 8.42 Å². The van der Waals surface area contributed by atoms with Gasteiger partial charge in [0.2, 0.25) is 0 Å². The lowest BCUT2D eigenvalue weighted by Crippen LogP contribution is -2.24. The first-order valence-corrected chi connectivity index (χ1v) is 13.1. The second kappa shape index (κ2) is 8.35. The van der Waals surface area contributed by atoms with Crippen molar-refractivity contribution in [2.45, 2.75) is 50.7 Å². The molecule has 3 aromatic rings.